The summed E-state index contributed by atoms with van der Waals surface area (Å²) < 4.78 is 11.5. The zero-order chi connectivity index (χ0) is 24.6. The molecular weight excluding hydrogens is 460 g/mol. The summed E-state index contributed by atoms with van der Waals surface area (Å²) >= 11 is 5.99. The fourth-order valence-corrected chi connectivity index (χ4v) is 4.06. The Hall–Kier alpha value is -3.63. The molecule has 4 nitrogen and oxygen atoms in total. The van der Waals surface area contributed by atoms with Crippen molar-refractivity contribution >= 4 is 34.6 Å². The second kappa shape index (κ2) is 11.7. The smallest absolute Gasteiger partial charge is 0.336 e. The van der Waals surface area contributed by atoms with Crippen molar-refractivity contribution < 1.29 is 13.9 Å². The summed E-state index contributed by atoms with van der Waals surface area (Å²) in [5.74, 6) is -0.0674. The molecule has 0 radical (unpaired) electrons. The van der Waals surface area contributed by atoms with Crippen molar-refractivity contribution in [3.63, 3.8) is 0 Å². The van der Waals surface area contributed by atoms with Crippen molar-refractivity contribution in [3.05, 3.63) is 105 Å². The molecule has 0 spiro atoms. The Morgan fingerprint density at radius 2 is 1.77 bits per heavy atom. The third-order valence-corrected chi connectivity index (χ3v) is 6.08. The normalized spacial score (nSPS) is 11.3. The maximum Gasteiger partial charge on any atom is 0.336 e. The third kappa shape index (κ3) is 6.28. The SMILES string of the molecule is CCCCCCc1cc2c(=O)c(-c3ccc(Cl)cc3)coc2cc1OC(=O)/C=C/c1ccccc1. The molecule has 1 aromatic heterocycles. The van der Waals surface area contributed by atoms with E-state index in [1.54, 1.807) is 42.5 Å². The number of aryl methyl sites for hydroxylation is 1. The number of carbonyl (C=O) groups excluding carboxylic acids is 1. The summed E-state index contributed by atoms with van der Waals surface area (Å²) in [5, 5.41) is 1.06. The molecule has 0 amide bonds. The van der Waals surface area contributed by atoms with Gasteiger partial charge in [-0.3, -0.25) is 4.79 Å². The Balaban J connectivity index is 1.67. The van der Waals surface area contributed by atoms with E-state index in [0.717, 1.165) is 42.4 Å². The minimum absolute atomic E-state index is 0.134. The Labute approximate surface area is 209 Å². The fraction of sp³-hybridized carbons (Fsp3) is 0.200. The quantitative estimate of drug-likeness (QED) is 0.104. The standard InChI is InChI=1S/C30H27ClO4/c1-2-3-4-8-11-23-18-25-28(34-20-26(30(25)33)22-13-15-24(31)16-14-22)19-27(23)35-29(32)17-12-21-9-6-5-7-10-21/h5-7,9-10,12-20H,2-4,8,11H2,1H3/b17-12+. The lowest BCUT2D eigenvalue weighted by atomic mass is 10.0. The van der Waals surface area contributed by atoms with Crippen LogP contribution in [0.5, 0.6) is 5.75 Å². The van der Waals surface area contributed by atoms with Crippen LogP contribution in [-0.4, -0.2) is 5.97 Å². The Bertz CT molecular complexity index is 1390. The number of rotatable bonds is 9. The molecule has 0 saturated carbocycles. The van der Waals surface area contributed by atoms with Crippen molar-refractivity contribution in [3.8, 4) is 16.9 Å². The first-order chi connectivity index (χ1) is 17.0. The first-order valence-corrected chi connectivity index (χ1v) is 12.2. The van der Waals surface area contributed by atoms with Crippen LogP contribution in [-0.2, 0) is 11.2 Å². The summed E-state index contributed by atoms with van der Waals surface area (Å²) in [7, 11) is 0. The molecule has 35 heavy (non-hydrogen) atoms. The van der Waals surface area contributed by atoms with Crippen LogP contribution in [0.2, 0.25) is 5.02 Å². The van der Waals surface area contributed by atoms with E-state index in [-0.39, 0.29) is 5.43 Å². The molecule has 4 rings (SSSR count). The van der Waals surface area contributed by atoms with Crippen LogP contribution in [0, 0.1) is 0 Å². The van der Waals surface area contributed by atoms with Crippen LogP contribution in [0.15, 0.2) is 88.3 Å². The number of carbonyl (C=O) groups is 1. The van der Waals surface area contributed by atoms with E-state index in [1.165, 1.54) is 12.3 Å². The molecule has 0 N–H and O–H groups in total. The van der Waals surface area contributed by atoms with Crippen LogP contribution >= 0.6 is 11.6 Å². The highest BCUT2D eigenvalue weighted by Gasteiger charge is 2.15. The highest BCUT2D eigenvalue weighted by atomic mass is 35.5. The number of ether oxygens (including phenoxy) is 1. The number of unbranched alkanes of at least 4 members (excludes halogenated alkanes) is 3. The Kier molecular flexibility index (Phi) is 8.17. The number of hydrogen-bond donors (Lipinski definition) is 0. The van der Waals surface area contributed by atoms with Gasteiger partial charge in [-0.05, 0) is 53.8 Å². The maximum atomic E-state index is 13.3. The summed E-state index contributed by atoms with van der Waals surface area (Å²) in [5.41, 5.74) is 3.15. The average molecular weight is 487 g/mol. The molecule has 5 heteroatoms. The van der Waals surface area contributed by atoms with Crippen molar-refractivity contribution in [2.24, 2.45) is 0 Å². The number of hydrogen-bond acceptors (Lipinski definition) is 4. The molecule has 0 bridgehead atoms. The lowest BCUT2D eigenvalue weighted by molar-refractivity contribution is -0.128. The first kappa shape index (κ1) is 24.5. The lowest BCUT2D eigenvalue weighted by Crippen LogP contribution is -2.09. The van der Waals surface area contributed by atoms with E-state index in [1.807, 2.05) is 30.3 Å². The van der Waals surface area contributed by atoms with Gasteiger partial charge in [0, 0.05) is 17.2 Å². The molecule has 3 aromatic carbocycles. The van der Waals surface area contributed by atoms with E-state index < -0.39 is 5.97 Å². The maximum absolute atomic E-state index is 13.3. The van der Waals surface area contributed by atoms with Gasteiger partial charge in [0.15, 0.2) is 0 Å². The van der Waals surface area contributed by atoms with Crippen molar-refractivity contribution in [2.75, 3.05) is 0 Å². The van der Waals surface area contributed by atoms with Crippen LogP contribution < -0.4 is 10.2 Å². The molecule has 0 aliphatic rings. The molecular formula is C30H27ClO4. The number of fused-ring (bicyclic) bond motifs is 1. The zero-order valence-corrected chi connectivity index (χ0v) is 20.4. The van der Waals surface area contributed by atoms with Crippen molar-refractivity contribution in [2.45, 2.75) is 39.0 Å². The van der Waals surface area contributed by atoms with Crippen molar-refractivity contribution in [1.82, 2.24) is 0 Å². The van der Waals surface area contributed by atoms with E-state index in [0.29, 0.717) is 33.7 Å². The van der Waals surface area contributed by atoms with Gasteiger partial charge in [-0.2, -0.15) is 0 Å². The van der Waals surface area contributed by atoms with Gasteiger partial charge in [0.1, 0.15) is 17.6 Å². The summed E-state index contributed by atoms with van der Waals surface area (Å²) in [6.45, 7) is 2.16. The van der Waals surface area contributed by atoms with Gasteiger partial charge in [0.05, 0.1) is 10.9 Å². The fourth-order valence-electron chi connectivity index (χ4n) is 3.93. The van der Waals surface area contributed by atoms with Crippen LogP contribution in [0.3, 0.4) is 0 Å². The molecule has 0 saturated heterocycles. The average Bonchev–Trinajstić information content (AvgIpc) is 2.87. The topological polar surface area (TPSA) is 56.5 Å². The molecule has 178 valence electrons. The second-order valence-corrected chi connectivity index (χ2v) is 8.85. The minimum atomic E-state index is -0.483. The number of esters is 1. The van der Waals surface area contributed by atoms with Gasteiger partial charge in [-0.15, -0.1) is 0 Å². The van der Waals surface area contributed by atoms with E-state index >= 15 is 0 Å². The Morgan fingerprint density at radius 3 is 2.51 bits per heavy atom. The highest BCUT2D eigenvalue weighted by molar-refractivity contribution is 6.30. The molecule has 0 unspecified atom stereocenters. The third-order valence-electron chi connectivity index (χ3n) is 5.83. The summed E-state index contributed by atoms with van der Waals surface area (Å²) in [6, 6.07) is 20.1. The zero-order valence-electron chi connectivity index (χ0n) is 19.6. The predicted octanol–water partition coefficient (Wildman–Crippen LogP) is 7.86. The molecule has 0 aliphatic heterocycles. The van der Waals surface area contributed by atoms with Crippen molar-refractivity contribution in [1.29, 1.82) is 0 Å². The molecule has 0 atom stereocenters. The van der Waals surface area contributed by atoms with E-state index in [2.05, 4.69) is 6.92 Å². The molecule has 0 fully saturated rings. The highest BCUT2D eigenvalue weighted by Crippen LogP contribution is 2.29. The van der Waals surface area contributed by atoms with Crippen LogP contribution in [0.4, 0.5) is 0 Å². The summed E-state index contributed by atoms with van der Waals surface area (Å²) in [4.78, 5) is 25.9. The number of benzene rings is 3. The van der Waals surface area contributed by atoms with Gasteiger partial charge >= 0.3 is 5.97 Å². The van der Waals surface area contributed by atoms with Gasteiger partial charge < -0.3 is 9.15 Å². The first-order valence-electron chi connectivity index (χ1n) is 11.8. The van der Waals surface area contributed by atoms with Crippen LogP contribution in [0.1, 0.15) is 43.7 Å². The van der Waals surface area contributed by atoms with Crippen LogP contribution in [0.25, 0.3) is 28.2 Å². The molecule has 0 aliphatic carbocycles. The second-order valence-electron chi connectivity index (χ2n) is 8.42. The van der Waals surface area contributed by atoms with Gasteiger partial charge in [-0.25, -0.2) is 4.79 Å². The van der Waals surface area contributed by atoms with E-state index in [9.17, 15) is 9.59 Å². The molecule has 4 aromatic rings. The predicted molar refractivity (Wildman–Crippen MR) is 142 cm³/mol. The minimum Gasteiger partial charge on any atom is -0.463 e. The van der Waals surface area contributed by atoms with Gasteiger partial charge in [0.25, 0.3) is 0 Å². The van der Waals surface area contributed by atoms with Gasteiger partial charge in [0.2, 0.25) is 5.43 Å². The Morgan fingerprint density at radius 1 is 1.00 bits per heavy atom. The summed E-state index contributed by atoms with van der Waals surface area (Å²) in [6.07, 6.45) is 9.51. The molecule has 1 heterocycles. The van der Waals surface area contributed by atoms with Gasteiger partial charge in [-0.1, -0.05) is 80.3 Å². The largest absolute Gasteiger partial charge is 0.463 e. The lowest BCUT2D eigenvalue weighted by Gasteiger charge is -2.11. The monoisotopic (exact) mass is 486 g/mol. The number of halogens is 1. The van der Waals surface area contributed by atoms with E-state index in [4.69, 9.17) is 20.8 Å².